The highest BCUT2D eigenvalue weighted by atomic mass is 79.9. The highest BCUT2D eigenvalue weighted by molar-refractivity contribution is 9.10. The SMILES string of the molecule is [3H]c1c(O[SiH2]C(C)C)ccc2cc(Br)ccc12. The maximum Gasteiger partial charge on any atom is 0.222 e. The first-order valence-corrected chi connectivity index (χ1v) is 7.58. The normalized spacial score (nSPS) is 12.6. The monoisotopic (exact) mass is 296 g/mol. The minimum atomic E-state index is -0.577. The number of rotatable bonds is 3. The molecular formula is C13H15BrOSi. The first-order valence-electron chi connectivity index (χ1n) is 5.89. The van der Waals surface area contributed by atoms with Gasteiger partial charge in [-0.05, 0) is 40.6 Å². The van der Waals surface area contributed by atoms with Gasteiger partial charge < -0.3 is 4.43 Å². The Kier molecular flexibility index (Phi) is 3.25. The van der Waals surface area contributed by atoms with Gasteiger partial charge in [0.05, 0.1) is 1.37 Å². The molecule has 1 nitrogen and oxygen atoms in total. The second-order valence-corrected chi connectivity index (χ2v) is 7.43. The Morgan fingerprint density at radius 1 is 1.25 bits per heavy atom. The van der Waals surface area contributed by atoms with E-state index in [1.54, 1.807) is 0 Å². The van der Waals surface area contributed by atoms with Crippen LogP contribution in [0.25, 0.3) is 10.8 Å². The lowest BCUT2D eigenvalue weighted by molar-refractivity contribution is 0.582. The maximum atomic E-state index is 8.14. The van der Waals surface area contributed by atoms with Gasteiger partial charge in [0, 0.05) is 4.47 Å². The van der Waals surface area contributed by atoms with Gasteiger partial charge in [-0.25, -0.2) is 0 Å². The second kappa shape index (κ2) is 5.02. The van der Waals surface area contributed by atoms with Crippen molar-refractivity contribution in [3.05, 3.63) is 40.8 Å². The summed E-state index contributed by atoms with van der Waals surface area (Å²) < 4.78 is 14.9. The van der Waals surface area contributed by atoms with Gasteiger partial charge in [0.2, 0.25) is 9.76 Å². The number of hydrogen-bond acceptors (Lipinski definition) is 1. The molecule has 0 aliphatic rings. The zero-order valence-electron chi connectivity index (χ0n) is 10.5. The summed E-state index contributed by atoms with van der Waals surface area (Å²) >= 11 is 3.44. The fourth-order valence-corrected chi connectivity index (χ4v) is 2.53. The predicted octanol–water partition coefficient (Wildman–Crippen LogP) is 3.89. The molecule has 84 valence electrons. The van der Waals surface area contributed by atoms with Crippen molar-refractivity contribution in [1.82, 2.24) is 0 Å². The average molecular weight is 297 g/mol. The standard InChI is InChI=1S/C13H15BrOSi/c1-9(2)16-15-13-6-4-10-7-12(14)5-3-11(10)8-13/h3-9H,16H2,1-2H3/i8T. The zero-order valence-corrected chi connectivity index (χ0v) is 12.5. The number of benzene rings is 2. The van der Waals surface area contributed by atoms with E-state index in [0.717, 1.165) is 21.0 Å². The molecule has 0 spiro atoms. The summed E-state index contributed by atoms with van der Waals surface area (Å²) in [6.07, 6.45) is 0. The number of hydrogen-bond donors (Lipinski definition) is 0. The van der Waals surface area contributed by atoms with Crippen LogP contribution in [0.1, 0.15) is 15.2 Å². The van der Waals surface area contributed by atoms with Crippen LogP contribution >= 0.6 is 15.9 Å². The van der Waals surface area contributed by atoms with Crippen molar-refractivity contribution in [3.8, 4) is 5.75 Å². The minimum Gasteiger partial charge on any atom is -0.549 e. The molecule has 0 aliphatic carbocycles. The Balaban J connectivity index is 2.40. The fraction of sp³-hybridized carbons (Fsp3) is 0.231. The van der Waals surface area contributed by atoms with E-state index in [4.69, 9.17) is 5.80 Å². The van der Waals surface area contributed by atoms with E-state index in [1.807, 2.05) is 30.3 Å². The quantitative estimate of drug-likeness (QED) is 0.781. The molecule has 0 N–H and O–H groups in total. The van der Waals surface area contributed by atoms with E-state index in [1.165, 1.54) is 0 Å². The van der Waals surface area contributed by atoms with Crippen molar-refractivity contribution < 1.29 is 5.80 Å². The molecule has 0 fully saturated rings. The fourth-order valence-electron chi connectivity index (χ4n) is 1.47. The van der Waals surface area contributed by atoms with E-state index in [0.29, 0.717) is 11.6 Å². The first-order chi connectivity index (χ1) is 8.08. The Bertz CT molecular complexity index is 542. The summed E-state index contributed by atoms with van der Waals surface area (Å²) in [6, 6.07) is 10.4. The Morgan fingerprint density at radius 2 is 2.00 bits per heavy atom. The maximum absolute atomic E-state index is 8.14. The van der Waals surface area contributed by atoms with Gasteiger partial charge in [-0.1, -0.05) is 41.9 Å². The van der Waals surface area contributed by atoms with Gasteiger partial charge in [-0.15, -0.1) is 0 Å². The van der Waals surface area contributed by atoms with Crippen LogP contribution in [-0.4, -0.2) is 9.76 Å². The van der Waals surface area contributed by atoms with Gasteiger partial charge >= 0.3 is 0 Å². The highest BCUT2D eigenvalue weighted by Crippen LogP contribution is 2.24. The predicted molar refractivity (Wildman–Crippen MR) is 75.9 cm³/mol. The molecule has 2 aromatic carbocycles. The molecule has 0 saturated carbocycles. The lowest BCUT2D eigenvalue weighted by Gasteiger charge is -2.09. The highest BCUT2D eigenvalue weighted by Gasteiger charge is 2.00. The van der Waals surface area contributed by atoms with Gasteiger partial charge in [-0.3, -0.25) is 0 Å². The van der Waals surface area contributed by atoms with Crippen molar-refractivity contribution in [1.29, 1.82) is 0 Å². The summed E-state index contributed by atoms with van der Waals surface area (Å²) in [7, 11) is -0.577. The topological polar surface area (TPSA) is 9.23 Å². The van der Waals surface area contributed by atoms with E-state index in [2.05, 4.69) is 29.8 Å². The van der Waals surface area contributed by atoms with Gasteiger partial charge in [0.1, 0.15) is 5.75 Å². The lowest BCUT2D eigenvalue weighted by atomic mass is 10.1. The smallest absolute Gasteiger partial charge is 0.222 e. The molecule has 0 aromatic heterocycles. The van der Waals surface area contributed by atoms with Crippen LogP contribution in [0.2, 0.25) is 5.54 Å². The summed E-state index contributed by atoms with van der Waals surface area (Å²) in [6.45, 7) is 4.32. The van der Waals surface area contributed by atoms with Gasteiger partial charge in [0.15, 0.2) is 0 Å². The number of fused-ring (bicyclic) bond motifs is 1. The molecule has 0 radical (unpaired) electrons. The number of halogens is 1. The molecule has 0 unspecified atom stereocenters. The van der Waals surface area contributed by atoms with Crippen molar-refractivity contribution >= 4 is 36.5 Å². The largest absolute Gasteiger partial charge is 0.549 e. The molecule has 0 bridgehead atoms. The van der Waals surface area contributed by atoms with Crippen molar-refractivity contribution in [2.45, 2.75) is 19.4 Å². The van der Waals surface area contributed by atoms with E-state index in [-0.39, 0.29) is 0 Å². The lowest BCUT2D eigenvalue weighted by Crippen LogP contribution is -2.05. The van der Waals surface area contributed by atoms with Gasteiger partial charge in [-0.2, -0.15) is 0 Å². The van der Waals surface area contributed by atoms with Crippen LogP contribution < -0.4 is 4.43 Å². The van der Waals surface area contributed by atoms with Crippen LogP contribution in [0.5, 0.6) is 5.75 Å². The molecule has 0 atom stereocenters. The molecule has 2 aromatic rings. The summed E-state index contributed by atoms with van der Waals surface area (Å²) in [5, 5.41) is 2.02. The van der Waals surface area contributed by atoms with Crippen LogP contribution in [0.4, 0.5) is 0 Å². The first kappa shape index (κ1) is 10.4. The van der Waals surface area contributed by atoms with E-state index < -0.39 is 9.76 Å². The zero-order chi connectivity index (χ0) is 12.4. The molecule has 16 heavy (non-hydrogen) atoms. The van der Waals surface area contributed by atoms with Crippen molar-refractivity contribution in [3.63, 3.8) is 0 Å². The van der Waals surface area contributed by atoms with Crippen LogP contribution in [-0.2, 0) is 0 Å². The Hall–Kier alpha value is -0.803. The van der Waals surface area contributed by atoms with Crippen LogP contribution in [0, 0.1) is 0 Å². The molecule has 0 amide bonds. The van der Waals surface area contributed by atoms with Gasteiger partial charge in [0.25, 0.3) is 0 Å². The van der Waals surface area contributed by atoms with E-state index >= 15 is 0 Å². The molecule has 0 saturated heterocycles. The third-order valence-electron chi connectivity index (χ3n) is 2.26. The molecular weight excluding hydrogens is 280 g/mol. The molecule has 3 heteroatoms. The summed E-state index contributed by atoms with van der Waals surface area (Å²) in [5.41, 5.74) is 0.606. The third-order valence-corrected chi connectivity index (χ3v) is 3.90. The van der Waals surface area contributed by atoms with Crippen LogP contribution in [0.3, 0.4) is 0 Å². The third kappa shape index (κ3) is 2.86. The van der Waals surface area contributed by atoms with Crippen molar-refractivity contribution in [2.24, 2.45) is 0 Å². The molecule has 2 rings (SSSR count). The average Bonchev–Trinajstić information content (AvgIpc) is 2.27. The summed E-state index contributed by atoms with van der Waals surface area (Å²) in [5.74, 6) is 0.722. The molecule has 0 aliphatic heterocycles. The minimum absolute atomic E-state index is 0.503. The Morgan fingerprint density at radius 3 is 2.75 bits per heavy atom. The van der Waals surface area contributed by atoms with Crippen molar-refractivity contribution in [2.75, 3.05) is 0 Å². The molecule has 0 heterocycles. The summed E-state index contributed by atoms with van der Waals surface area (Å²) in [4.78, 5) is 0. The second-order valence-electron chi connectivity index (χ2n) is 4.26. The Labute approximate surface area is 108 Å². The van der Waals surface area contributed by atoms with E-state index in [9.17, 15) is 0 Å². The van der Waals surface area contributed by atoms with Crippen LogP contribution in [0.15, 0.2) is 40.8 Å².